The van der Waals surface area contributed by atoms with Gasteiger partial charge in [-0.15, -0.1) is 5.06 Å². The van der Waals surface area contributed by atoms with Crippen LogP contribution < -0.4 is 9.57 Å². The molecule has 2 aromatic heterocycles. The largest absolute Gasteiger partial charge is 0.486 e. The van der Waals surface area contributed by atoms with Gasteiger partial charge in [0.15, 0.2) is 5.75 Å². The van der Waals surface area contributed by atoms with E-state index in [0.717, 1.165) is 18.6 Å². The number of hydrogen-bond acceptors (Lipinski definition) is 5. The zero-order valence-corrected chi connectivity index (χ0v) is 16.7. The molecule has 3 rings (SSSR count). The molecule has 1 aliphatic rings. The molecule has 1 aliphatic heterocycles. The summed E-state index contributed by atoms with van der Waals surface area (Å²) in [5.41, 5.74) is -1.93. The standard InChI is InChI=1S/C19H22F6N4O2/c1-2-3-8-28-12-15(17(27-28)19(23,24)25)30-14-6-9-29(10-7-14)31-16-5-4-13(11-26-16)18(20,21)22/h4-5,11-12,14H,2-3,6-10H2,1H3. The van der Waals surface area contributed by atoms with E-state index < -0.39 is 29.7 Å². The van der Waals surface area contributed by atoms with Crippen LogP contribution >= 0.6 is 0 Å². The lowest BCUT2D eigenvalue weighted by Crippen LogP contribution is -2.40. The predicted octanol–water partition coefficient (Wildman–Crippen LogP) is 4.95. The summed E-state index contributed by atoms with van der Waals surface area (Å²) < 4.78 is 84.4. The van der Waals surface area contributed by atoms with E-state index in [-0.39, 0.29) is 11.6 Å². The number of hydroxylamine groups is 2. The second-order valence-corrected chi connectivity index (χ2v) is 7.18. The lowest BCUT2D eigenvalue weighted by atomic mass is 10.1. The van der Waals surface area contributed by atoms with Crippen LogP contribution in [0.3, 0.4) is 0 Å². The van der Waals surface area contributed by atoms with Crippen molar-refractivity contribution in [3.05, 3.63) is 35.8 Å². The topological polar surface area (TPSA) is 52.4 Å². The second kappa shape index (κ2) is 9.33. The summed E-state index contributed by atoms with van der Waals surface area (Å²) in [4.78, 5) is 9.09. The van der Waals surface area contributed by atoms with E-state index in [1.165, 1.54) is 15.9 Å². The van der Waals surface area contributed by atoms with Crippen molar-refractivity contribution < 1.29 is 35.9 Å². The third-order valence-electron chi connectivity index (χ3n) is 4.72. The van der Waals surface area contributed by atoms with Crippen LogP contribution in [0.1, 0.15) is 43.9 Å². The maximum atomic E-state index is 13.3. The highest BCUT2D eigenvalue weighted by Gasteiger charge is 2.39. The molecule has 1 fully saturated rings. The minimum absolute atomic E-state index is 0.00364. The number of alkyl halides is 6. The number of rotatable bonds is 7. The Labute approximate surface area is 174 Å². The highest BCUT2D eigenvalue weighted by Crippen LogP contribution is 2.36. The average molecular weight is 452 g/mol. The Balaban J connectivity index is 1.56. The molecule has 0 radical (unpaired) electrons. The van der Waals surface area contributed by atoms with Crippen molar-refractivity contribution in [1.82, 2.24) is 19.8 Å². The maximum Gasteiger partial charge on any atom is 0.438 e. The maximum absolute atomic E-state index is 13.3. The molecule has 172 valence electrons. The second-order valence-electron chi connectivity index (χ2n) is 7.18. The van der Waals surface area contributed by atoms with Crippen LogP contribution in [0.25, 0.3) is 0 Å². The van der Waals surface area contributed by atoms with E-state index in [2.05, 4.69) is 10.1 Å². The summed E-state index contributed by atoms with van der Waals surface area (Å²) in [5, 5.41) is 5.11. The quantitative estimate of drug-likeness (QED) is 0.557. The van der Waals surface area contributed by atoms with Gasteiger partial charge in [0, 0.05) is 44.7 Å². The van der Waals surface area contributed by atoms with Crippen molar-refractivity contribution in [2.75, 3.05) is 13.1 Å². The molecule has 6 nitrogen and oxygen atoms in total. The lowest BCUT2D eigenvalue weighted by Gasteiger charge is -2.31. The monoisotopic (exact) mass is 452 g/mol. The van der Waals surface area contributed by atoms with Gasteiger partial charge < -0.3 is 9.57 Å². The van der Waals surface area contributed by atoms with Crippen LogP contribution in [0.2, 0.25) is 0 Å². The Morgan fingerprint density at radius 3 is 2.32 bits per heavy atom. The predicted molar refractivity (Wildman–Crippen MR) is 97.2 cm³/mol. The van der Waals surface area contributed by atoms with Crippen molar-refractivity contribution in [2.24, 2.45) is 0 Å². The Kier molecular flexibility index (Phi) is 6.97. The van der Waals surface area contributed by atoms with Crippen LogP contribution in [-0.4, -0.2) is 39.0 Å². The van der Waals surface area contributed by atoms with Gasteiger partial charge in [0.25, 0.3) is 0 Å². The molecule has 0 amide bonds. The Morgan fingerprint density at radius 1 is 1.06 bits per heavy atom. The molecular weight excluding hydrogens is 430 g/mol. The van der Waals surface area contributed by atoms with Crippen LogP contribution in [0, 0.1) is 0 Å². The number of nitrogens with zero attached hydrogens (tertiary/aromatic N) is 4. The molecule has 0 saturated carbocycles. The van der Waals surface area contributed by atoms with Crippen molar-refractivity contribution in [1.29, 1.82) is 0 Å². The number of pyridine rings is 1. The minimum Gasteiger partial charge on any atom is -0.486 e. The fraction of sp³-hybridized carbons (Fsp3) is 0.579. The average Bonchev–Trinajstić information content (AvgIpc) is 3.11. The van der Waals surface area contributed by atoms with Crippen molar-refractivity contribution in [2.45, 2.75) is 57.6 Å². The normalized spacial score (nSPS) is 16.5. The van der Waals surface area contributed by atoms with Gasteiger partial charge in [0.2, 0.25) is 11.6 Å². The van der Waals surface area contributed by atoms with Crippen LogP contribution in [-0.2, 0) is 18.9 Å². The number of aromatic nitrogens is 3. The molecular formula is C19H22F6N4O2. The summed E-state index contributed by atoms with van der Waals surface area (Å²) in [7, 11) is 0. The molecule has 3 heterocycles. The van der Waals surface area contributed by atoms with Crippen LogP contribution in [0.15, 0.2) is 24.5 Å². The molecule has 0 spiro atoms. The number of aryl methyl sites for hydroxylation is 1. The van der Waals surface area contributed by atoms with Gasteiger partial charge in [-0.2, -0.15) is 31.4 Å². The molecule has 0 bridgehead atoms. The van der Waals surface area contributed by atoms with Gasteiger partial charge in [-0.05, 0) is 12.5 Å². The highest BCUT2D eigenvalue weighted by molar-refractivity contribution is 5.27. The Morgan fingerprint density at radius 2 is 1.77 bits per heavy atom. The van der Waals surface area contributed by atoms with Gasteiger partial charge in [-0.25, -0.2) is 4.98 Å². The molecule has 0 atom stereocenters. The minimum atomic E-state index is -4.62. The third-order valence-corrected chi connectivity index (χ3v) is 4.72. The molecule has 0 aliphatic carbocycles. The van der Waals surface area contributed by atoms with E-state index in [1.54, 1.807) is 0 Å². The first-order valence-corrected chi connectivity index (χ1v) is 9.83. The lowest BCUT2D eigenvalue weighted by molar-refractivity contribution is -0.144. The van der Waals surface area contributed by atoms with E-state index in [1.807, 2.05) is 6.92 Å². The Bertz CT molecular complexity index is 843. The fourth-order valence-corrected chi connectivity index (χ4v) is 3.08. The first kappa shape index (κ1) is 23.2. The number of piperidine rings is 1. The van der Waals surface area contributed by atoms with Gasteiger partial charge in [-0.1, -0.05) is 13.3 Å². The molecule has 31 heavy (non-hydrogen) atoms. The summed E-state index contributed by atoms with van der Waals surface area (Å²) in [5.74, 6) is -0.295. The molecule has 0 N–H and O–H groups in total. The van der Waals surface area contributed by atoms with Gasteiger partial charge in [-0.3, -0.25) is 4.68 Å². The smallest absolute Gasteiger partial charge is 0.438 e. The van der Waals surface area contributed by atoms with Gasteiger partial charge in [0.1, 0.15) is 6.10 Å². The van der Waals surface area contributed by atoms with Crippen molar-refractivity contribution >= 4 is 0 Å². The third kappa shape index (κ3) is 6.25. The molecule has 0 aromatic carbocycles. The number of hydrogen-bond donors (Lipinski definition) is 0. The summed E-state index contributed by atoms with van der Waals surface area (Å²) in [6, 6.07) is 1.98. The summed E-state index contributed by atoms with van der Waals surface area (Å²) in [6.07, 6.45) is -5.35. The summed E-state index contributed by atoms with van der Waals surface area (Å²) >= 11 is 0. The van der Waals surface area contributed by atoms with E-state index in [9.17, 15) is 26.3 Å². The van der Waals surface area contributed by atoms with Crippen molar-refractivity contribution in [3.63, 3.8) is 0 Å². The summed E-state index contributed by atoms with van der Waals surface area (Å²) in [6.45, 7) is 2.94. The highest BCUT2D eigenvalue weighted by atomic mass is 19.4. The first-order valence-electron chi connectivity index (χ1n) is 9.83. The zero-order valence-electron chi connectivity index (χ0n) is 16.7. The molecule has 1 saturated heterocycles. The molecule has 0 unspecified atom stereocenters. The van der Waals surface area contributed by atoms with Gasteiger partial charge in [0.05, 0.1) is 11.8 Å². The van der Waals surface area contributed by atoms with Gasteiger partial charge >= 0.3 is 12.4 Å². The SMILES string of the molecule is CCCCn1cc(OC2CCN(Oc3ccc(C(F)(F)F)cn3)CC2)c(C(F)(F)F)n1. The van der Waals surface area contributed by atoms with Crippen LogP contribution in [0.5, 0.6) is 11.6 Å². The number of ether oxygens (including phenoxy) is 1. The fourth-order valence-electron chi connectivity index (χ4n) is 3.08. The van der Waals surface area contributed by atoms with E-state index >= 15 is 0 Å². The van der Waals surface area contributed by atoms with Crippen molar-refractivity contribution in [3.8, 4) is 11.6 Å². The first-order chi connectivity index (χ1) is 14.6. The van der Waals surface area contributed by atoms with Crippen LogP contribution in [0.4, 0.5) is 26.3 Å². The zero-order chi connectivity index (χ0) is 22.6. The number of halogens is 6. The molecule has 2 aromatic rings. The van der Waals surface area contributed by atoms with E-state index in [0.29, 0.717) is 45.1 Å². The number of unbranched alkanes of at least 4 members (excludes halogenated alkanes) is 1. The molecule has 12 heteroatoms. The Hall–Kier alpha value is -2.50. The van der Waals surface area contributed by atoms with E-state index in [4.69, 9.17) is 9.57 Å².